The minimum atomic E-state index is -0.595. The summed E-state index contributed by atoms with van der Waals surface area (Å²) in [6.07, 6.45) is 0. The molecule has 0 aromatic heterocycles. The van der Waals surface area contributed by atoms with E-state index in [4.69, 9.17) is 0 Å². The molecule has 140 valence electrons. The van der Waals surface area contributed by atoms with E-state index < -0.39 is 11.8 Å². The Morgan fingerprint density at radius 3 is 2.07 bits per heavy atom. The van der Waals surface area contributed by atoms with Crippen LogP contribution >= 0.6 is 0 Å². The van der Waals surface area contributed by atoms with Crippen LogP contribution < -0.4 is 21.3 Å². The van der Waals surface area contributed by atoms with Gasteiger partial charge in [0.15, 0.2) is 0 Å². The van der Waals surface area contributed by atoms with E-state index in [1.807, 2.05) is 60.7 Å². The molecule has 0 aliphatic carbocycles. The third-order valence-corrected chi connectivity index (χ3v) is 4.38. The maximum atomic E-state index is 12.8. The van der Waals surface area contributed by atoms with Gasteiger partial charge in [0, 0.05) is 12.2 Å². The van der Waals surface area contributed by atoms with Gasteiger partial charge in [0.05, 0.1) is 25.0 Å². The molecule has 3 rings (SSSR count). The van der Waals surface area contributed by atoms with Crippen LogP contribution in [0.4, 0.5) is 5.69 Å². The molecule has 0 radical (unpaired) electrons. The van der Waals surface area contributed by atoms with Crippen LogP contribution in [0, 0.1) is 5.92 Å². The van der Waals surface area contributed by atoms with Gasteiger partial charge < -0.3 is 21.3 Å². The third kappa shape index (κ3) is 5.07. The molecule has 1 aliphatic rings. The number of nitrogens with one attached hydrogen (secondary N) is 4. The van der Waals surface area contributed by atoms with Crippen LogP contribution in [0.2, 0.25) is 0 Å². The minimum Gasteiger partial charge on any atom is -0.377 e. The first kappa shape index (κ1) is 18.4. The van der Waals surface area contributed by atoms with Gasteiger partial charge in [-0.1, -0.05) is 48.5 Å². The zero-order valence-electron chi connectivity index (χ0n) is 14.8. The fraction of sp³-hybridized carbons (Fsp3) is 0.250. The van der Waals surface area contributed by atoms with Crippen molar-refractivity contribution in [2.45, 2.75) is 6.04 Å². The van der Waals surface area contributed by atoms with E-state index in [-0.39, 0.29) is 37.5 Å². The van der Waals surface area contributed by atoms with Crippen LogP contribution in [0.5, 0.6) is 0 Å². The first-order chi connectivity index (χ1) is 13.1. The predicted octanol–water partition coefficient (Wildman–Crippen LogP) is 0.818. The highest BCUT2D eigenvalue weighted by Crippen LogP contribution is 2.27. The molecule has 3 amide bonds. The lowest BCUT2D eigenvalue weighted by Gasteiger charge is -2.29. The number of hydrogen-bond donors (Lipinski definition) is 4. The number of hydrogen-bond acceptors (Lipinski definition) is 4. The second-order valence-corrected chi connectivity index (χ2v) is 6.30. The summed E-state index contributed by atoms with van der Waals surface area (Å²) in [5.41, 5.74) is 1.78. The Morgan fingerprint density at radius 1 is 0.778 bits per heavy atom. The summed E-state index contributed by atoms with van der Waals surface area (Å²) >= 11 is 0. The number of carbonyl (C=O) groups excluding carboxylic acids is 3. The van der Waals surface area contributed by atoms with Crippen LogP contribution in [0.1, 0.15) is 11.6 Å². The van der Waals surface area contributed by atoms with Crippen molar-refractivity contribution in [2.24, 2.45) is 5.92 Å². The lowest BCUT2D eigenvalue weighted by Crippen LogP contribution is -2.50. The Balaban J connectivity index is 1.90. The molecule has 1 saturated heterocycles. The largest absolute Gasteiger partial charge is 0.377 e. The number of rotatable bonds is 4. The predicted molar refractivity (Wildman–Crippen MR) is 102 cm³/mol. The highest BCUT2D eigenvalue weighted by molar-refractivity contribution is 5.90. The Hall–Kier alpha value is -3.35. The van der Waals surface area contributed by atoms with Crippen LogP contribution in [0.25, 0.3) is 0 Å². The normalized spacial score (nSPS) is 19.3. The third-order valence-electron chi connectivity index (χ3n) is 4.38. The quantitative estimate of drug-likeness (QED) is 0.644. The summed E-state index contributed by atoms with van der Waals surface area (Å²) in [6.45, 7) is -0.112. The van der Waals surface area contributed by atoms with E-state index in [1.54, 1.807) is 0 Å². The Morgan fingerprint density at radius 2 is 1.37 bits per heavy atom. The summed E-state index contributed by atoms with van der Waals surface area (Å²) in [5.74, 6) is -1.62. The van der Waals surface area contributed by atoms with E-state index in [0.717, 1.165) is 11.3 Å². The zero-order valence-corrected chi connectivity index (χ0v) is 14.8. The molecule has 2 aromatic carbocycles. The molecule has 7 heteroatoms. The van der Waals surface area contributed by atoms with Crippen molar-refractivity contribution in [3.8, 4) is 0 Å². The van der Waals surface area contributed by atoms with E-state index in [0.29, 0.717) is 0 Å². The summed E-state index contributed by atoms with van der Waals surface area (Å²) in [4.78, 5) is 36.5. The van der Waals surface area contributed by atoms with Crippen molar-refractivity contribution >= 4 is 23.4 Å². The molecule has 4 N–H and O–H groups in total. The lowest BCUT2D eigenvalue weighted by molar-refractivity contribution is -0.131. The maximum absolute atomic E-state index is 12.8. The SMILES string of the molecule is O=C1CNC(=O)CNC(=O)[C@@H]([C@@H](Nc2ccccc2)c2ccccc2)CN1. The van der Waals surface area contributed by atoms with E-state index >= 15 is 0 Å². The van der Waals surface area contributed by atoms with Crippen LogP contribution in [0.3, 0.4) is 0 Å². The number of anilines is 1. The number of amides is 3. The monoisotopic (exact) mass is 366 g/mol. The van der Waals surface area contributed by atoms with Gasteiger partial charge >= 0.3 is 0 Å². The average molecular weight is 366 g/mol. The summed E-state index contributed by atoms with van der Waals surface area (Å²) in [7, 11) is 0. The van der Waals surface area contributed by atoms with Crippen LogP contribution in [-0.2, 0) is 14.4 Å². The van der Waals surface area contributed by atoms with Crippen molar-refractivity contribution in [2.75, 3.05) is 25.0 Å². The number of benzene rings is 2. The van der Waals surface area contributed by atoms with Crippen molar-refractivity contribution in [1.82, 2.24) is 16.0 Å². The molecule has 1 heterocycles. The first-order valence-corrected chi connectivity index (χ1v) is 8.81. The standard InChI is InChI=1S/C20H22N4O3/c25-17-12-22-18(26)13-23-20(27)16(11-21-17)19(14-7-3-1-4-8-14)24-15-9-5-2-6-10-15/h1-10,16,19,24H,11-13H2,(H,21,25)(H,22,26)(H,23,27)/t16-,19+/m1/s1. The van der Waals surface area contributed by atoms with Crippen LogP contribution in [-0.4, -0.2) is 37.4 Å². The molecule has 0 unspecified atom stereocenters. The van der Waals surface area contributed by atoms with Gasteiger partial charge in [-0.05, 0) is 17.7 Å². The Bertz CT molecular complexity index is 795. The highest BCUT2D eigenvalue weighted by Gasteiger charge is 2.31. The summed E-state index contributed by atoms with van der Waals surface area (Å²) < 4.78 is 0. The van der Waals surface area contributed by atoms with E-state index in [1.165, 1.54) is 0 Å². The van der Waals surface area contributed by atoms with Gasteiger partial charge in [-0.2, -0.15) is 0 Å². The lowest BCUT2D eigenvalue weighted by atomic mass is 9.91. The van der Waals surface area contributed by atoms with Crippen molar-refractivity contribution in [3.05, 3.63) is 66.2 Å². The first-order valence-electron chi connectivity index (χ1n) is 8.81. The van der Waals surface area contributed by atoms with Crippen molar-refractivity contribution in [3.63, 3.8) is 0 Å². The second kappa shape index (κ2) is 8.84. The van der Waals surface area contributed by atoms with Crippen molar-refractivity contribution < 1.29 is 14.4 Å². The molecule has 0 spiro atoms. The molecule has 27 heavy (non-hydrogen) atoms. The fourth-order valence-electron chi connectivity index (χ4n) is 2.98. The van der Waals surface area contributed by atoms with Gasteiger partial charge in [-0.15, -0.1) is 0 Å². The summed E-state index contributed by atoms with van der Waals surface area (Å²) in [6, 6.07) is 18.8. The van der Waals surface area contributed by atoms with Gasteiger partial charge in [-0.3, -0.25) is 14.4 Å². The van der Waals surface area contributed by atoms with Gasteiger partial charge in [0.1, 0.15) is 0 Å². The molecule has 2 aromatic rings. The number of carbonyl (C=O) groups is 3. The molecule has 0 bridgehead atoms. The number of para-hydroxylation sites is 1. The Kier molecular flexibility index (Phi) is 6.04. The maximum Gasteiger partial charge on any atom is 0.239 e. The van der Waals surface area contributed by atoms with Crippen molar-refractivity contribution in [1.29, 1.82) is 0 Å². The average Bonchev–Trinajstić information content (AvgIpc) is 2.71. The second-order valence-electron chi connectivity index (χ2n) is 6.30. The smallest absolute Gasteiger partial charge is 0.239 e. The molecule has 7 nitrogen and oxygen atoms in total. The topological polar surface area (TPSA) is 99.3 Å². The molecule has 1 fully saturated rings. The molecular formula is C20H22N4O3. The summed E-state index contributed by atoms with van der Waals surface area (Å²) in [5, 5.41) is 11.2. The minimum absolute atomic E-state index is 0.108. The zero-order chi connectivity index (χ0) is 19.1. The van der Waals surface area contributed by atoms with E-state index in [2.05, 4.69) is 21.3 Å². The van der Waals surface area contributed by atoms with Gasteiger partial charge in [-0.25, -0.2) is 0 Å². The van der Waals surface area contributed by atoms with Gasteiger partial charge in [0.2, 0.25) is 17.7 Å². The fourth-order valence-corrected chi connectivity index (χ4v) is 2.98. The van der Waals surface area contributed by atoms with Gasteiger partial charge in [0.25, 0.3) is 0 Å². The molecular weight excluding hydrogens is 344 g/mol. The molecule has 0 saturated carbocycles. The van der Waals surface area contributed by atoms with E-state index in [9.17, 15) is 14.4 Å². The Labute approximate surface area is 157 Å². The van der Waals surface area contributed by atoms with Crippen LogP contribution in [0.15, 0.2) is 60.7 Å². The highest BCUT2D eigenvalue weighted by atomic mass is 16.2. The molecule has 1 aliphatic heterocycles. The molecule has 2 atom stereocenters.